The van der Waals surface area contributed by atoms with Crippen LogP contribution in [0.1, 0.15) is 295 Å². The maximum absolute atomic E-state index is 11.4. The molecule has 24 nitrogen and oxygen atoms in total. The molecule has 0 aromatic carbocycles. The number of hydrogen-bond acceptors (Lipinski definition) is 18. The Kier molecular flexibility index (Phi) is 30.4. The Labute approximate surface area is 765 Å². The number of aromatic amines is 6. The third kappa shape index (κ3) is 19.8. The van der Waals surface area contributed by atoms with Crippen LogP contribution >= 0.6 is 0 Å². The first-order valence-electron chi connectivity index (χ1n) is 43.7. The van der Waals surface area contributed by atoms with Gasteiger partial charge in [0.1, 0.15) is 0 Å². The van der Waals surface area contributed by atoms with Crippen LogP contribution in [0.2, 0.25) is 0 Å². The van der Waals surface area contributed by atoms with Gasteiger partial charge in [-0.3, -0.25) is 0 Å². The number of hydrogen-bond donors (Lipinski definition) is 6. The van der Waals surface area contributed by atoms with Crippen molar-refractivity contribution < 1.29 is 94.1 Å². The van der Waals surface area contributed by atoms with Crippen molar-refractivity contribution in [2.45, 2.75) is 240 Å². The number of carboxylic acid groups (broad SMARTS) is 6. The maximum Gasteiger partial charge on any atom is 3.00 e. The topological polar surface area (TPSA) is 413 Å². The van der Waals surface area contributed by atoms with E-state index in [-0.39, 0.29) is 112 Å². The quantitative estimate of drug-likeness (QED) is 0.0327. The minimum Gasteiger partial charge on any atom is -0.550 e. The van der Waals surface area contributed by atoms with Crippen LogP contribution in [0.3, 0.4) is 0 Å². The number of carbonyl (C=O) groups excluding carboxylic acids is 6. The van der Waals surface area contributed by atoms with Crippen molar-refractivity contribution in [1.82, 2.24) is 59.8 Å². The first-order chi connectivity index (χ1) is 60.0. The van der Waals surface area contributed by atoms with E-state index in [2.05, 4.69) is 131 Å². The molecule has 0 unspecified atom stereocenters. The number of rotatable bonds is 24. The van der Waals surface area contributed by atoms with E-state index in [9.17, 15) is 59.4 Å². The van der Waals surface area contributed by atoms with Crippen molar-refractivity contribution in [3.63, 3.8) is 0 Å². The van der Waals surface area contributed by atoms with Gasteiger partial charge >= 0.3 is 34.7 Å². The number of nitrogens with zero attached hydrogens (tertiary/aromatic N) is 6. The molecule has 15 heterocycles. The van der Waals surface area contributed by atoms with Gasteiger partial charge in [0.25, 0.3) is 0 Å². The van der Waals surface area contributed by atoms with Crippen molar-refractivity contribution in [1.29, 1.82) is 0 Å². The number of aromatic nitrogens is 12. The Hall–Kier alpha value is -12.3. The van der Waals surface area contributed by atoms with Gasteiger partial charge < -0.3 is 89.3 Å². The van der Waals surface area contributed by atoms with Gasteiger partial charge in [-0.2, -0.15) is 0 Å². The molecule has 128 heavy (non-hydrogen) atoms. The number of aryl methyl sites for hydroxylation is 12. The van der Waals surface area contributed by atoms with Crippen molar-refractivity contribution in [2.24, 2.45) is 0 Å². The zero-order valence-electron chi connectivity index (χ0n) is 76.1. The molecule has 9 aromatic rings. The first kappa shape index (κ1) is 96.3. The van der Waals surface area contributed by atoms with E-state index >= 15 is 0 Å². The molecule has 0 fully saturated rings. The summed E-state index contributed by atoms with van der Waals surface area (Å²) < 4.78 is 0. The average Bonchev–Trinajstić information content (AvgIpc) is 1.62. The number of allylic oxidation sites excluding steroid dienone is 12. The molecule has 24 bridgehead atoms. The smallest absolute Gasteiger partial charge is 0.550 e. The van der Waals surface area contributed by atoms with E-state index in [4.69, 9.17) is 29.9 Å². The van der Waals surface area contributed by atoms with Gasteiger partial charge in [-0.05, 0) is 405 Å². The SMILES string of the molecule is CCC1=C(C)c2cc3[nH]c(cc4nc(cc5[nH]c(cc1n2)c(C)c5CCC(=O)[O-])C(CCC(=O)[O-])=C4C)c(C)c3CC.CCC1=C(C)c2cc3[nH]c(cc4nc(cc5[nH]c(cc1n2)c(C)c5CCC(=O)[O-])C(CCC(=O)[O-])=C4C)c(C)c3CC.CCC1=C(C)c2cc3[nH]c(cc4nc(cc5[nH]c(cc1n2)c(C)c5CCC(=O)[O-])C(CCC(=O)[O-])=C4C)c(C)c3CC.[Cr+3].[Cr+3]. The van der Waals surface area contributed by atoms with Crippen LogP contribution in [-0.2, 0) is 102 Å². The van der Waals surface area contributed by atoms with Crippen LogP contribution in [0.5, 0.6) is 0 Å². The van der Waals surface area contributed by atoms with E-state index in [1.165, 1.54) is 16.7 Å². The fourth-order valence-corrected chi connectivity index (χ4v) is 18.6. The molecule has 15 rings (SSSR count). The summed E-state index contributed by atoms with van der Waals surface area (Å²) in [6.45, 7) is 37.2. The molecule has 26 heteroatoms. The van der Waals surface area contributed by atoms with Crippen LogP contribution < -0.4 is 30.6 Å². The molecule has 660 valence electrons. The summed E-state index contributed by atoms with van der Waals surface area (Å²) >= 11 is 0. The van der Waals surface area contributed by atoms with Crippen molar-refractivity contribution in [3.05, 3.63) is 208 Å². The second-order valence-electron chi connectivity index (χ2n) is 33.3. The molecule has 0 saturated carbocycles. The summed E-state index contributed by atoms with van der Waals surface area (Å²) in [5.41, 5.74) is 44.8. The number of carbonyl (C=O) groups is 6. The van der Waals surface area contributed by atoms with E-state index in [0.717, 1.165) is 273 Å². The largest absolute Gasteiger partial charge is 3.00 e. The molecule has 0 atom stereocenters. The van der Waals surface area contributed by atoms with Gasteiger partial charge in [0, 0.05) is 102 Å². The molecule has 0 saturated heterocycles. The Morgan fingerprint density at radius 3 is 0.547 bits per heavy atom. The predicted molar refractivity (Wildman–Crippen MR) is 488 cm³/mol. The summed E-state index contributed by atoms with van der Waals surface area (Å²) in [5, 5.41) is 68.5. The summed E-state index contributed by atoms with van der Waals surface area (Å²) in [4.78, 5) is 120. The third-order valence-corrected chi connectivity index (χ3v) is 26.0. The minimum atomic E-state index is -1.12. The van der Waals surface area contributed by atoms with Crippen molar-refractivity contribution in [2.75, 3.05) is 0 Å². The third-order valence-electron chi connectivity index (χ3n) is 26.0. The molecule has 0 spiro atoms. The molecule has 0 amide bonds. The number of fused-ring (bicyclic) bond motifs is 24. The second kappa shape index (κ2) is 40.3. The van der Waals surface area contributed by atoms with E-state index in [0.29, 0.717) is 17.1 Å². The molecule has 6 aliphatic rings. The van der Waals surface area contributed by atoms with Gasteiger partial charge in [0.15, 0.2) is 0 Å². The van der Waals surface area contributed by atoms with Crippen molar-refractivity contribution >= 4 is 169 Å². The average molecular weight is 1800 g/mol. The van der Waals surface area contributed by atoms with E-state index in [1.54, 1.807) is 0 Å². The molecule has 6 aliphatic heterocycles. The van der Waals surface area contributed by atoms with Crippen LogP contribution in [0.15, 0.2) is 72.8 Å². The standard InChI is InChI=1S/3C34H38N4O4.2Cr/c3*1-7-21-17(3)25-13-26-19(5)23(9-11-33(39)40)31(37-26)16-32-24(10-12-34(41)42)20(6)28(38-32)15-30-22(8-2)18(4)27(36-30)14-29(21)35-25;;/h3*13-16,35,38H,7-12H2,1-6H3,(H,39,40)(H,41,42);;/q;;;2*+3/p-6. The molecular formula is C102H108Cr2N12O12. The summed E-state index contributed by atoms with van der Waals surface area (Å²) in [5.74, 6) is -6.72. The van der Waals surface area contributed by atoms with Gasteiger partial charge in [0.2, 0.25) is 0 Å². The van der Waals surface area contributed by atoms with Gasteiger partial charge in [-0.25, -0.2) is 29.9 Å². The van der Waals surface area contributed by atoms with Crippen LogP contribution in [0.4, 0.5) is 0 Å². The number of H-pyrrole nitrogens is 6. The Morgan fingerprint density at radius 1 is 0.211 bits per heavy atom. The van der Waals surface area contributed by atoms with E-state index < -0.39 is 35.8 Å². The molecule has 2 radical (unpaired) electrons. The zero-order valence-corrected chi connectivity index (χ0v) is 78.6. The van der Waals surface area contributed by atoms with Gasteiger partial charge in [0.05, 0.1) is 68.3 Å². The monoisotopic (exact) mass is 1800 g/mol. The summed E-state index contributed by atoms with van der Waals surface area (Å²) in [7, 11) is 0. The second-order valence-corrected chi connectivity index (χ2v) is 33.3. The zero-order chi connectivity index (χ0) is 90.9. The summed E-state index contributed by atoms with van der Waals surface area (Å²) in [6, 6.07) is 24.3. The fraction of sp³-hybridized carbons (Fsp3) is 0.353. The van der Waals surface area contributed by atoms with Crippen LogP contribution in [-0.4, -0.2) is 95.6 Å². The fourth-order valence-electron chi connectivity index (χ4n) is 18.6. The normalized spacial score (nSPS) is 13.1. The van der Waals surface area contributed by atoms with Gasteiger partial charge in [-0.15, -0.1) is 0 Å². The molecule has 0 aliphatic carbocycles. The Morgan fingerprint density at radius 2 is 0.359 bits per heavy atom. The predicted octanol–water partition coefficient (Wildman–Crippen LogP) is 14.9. The van der Waals surface area contributed by atoms with Crippen LogP contribution in [0, 0.1) is 41.5 Å². The Balaban J connectivity index is 0.000000185. The minimum absolute atomic E-state index is 0. The Bertz CT molecular complexity index is 6220. The molecule has 9 aromatic heterocycles. The summed E-state index contributed by atoms with van der Waals surface area (Å²) in [6.07, 6.45) is 5.94. The molecule has 6 N–H and O–H groups in total. The number of nitrogens with one attached hydrogen (secondary N) is 6. The first-order valence-corrected chi connectivity index (χ1v) is 43.7. The maximum atomic E-state index is 11.4. The van der Waals surface area contributed by atoms with Crippen LogP contribution in [0.25, 0.3) is 133 Å². The van der Waals surface area contributed by atoms with Gasteiger partial charge in [-0.1, -0.05) is 41.5 Å². The number of carboxylic acids is 6. The number of aliphatic carboxylic acids is 6. The molecular weight excluding hydrogens is 1690 g/mol. The van der Waals surface area contributed by atoms with Crippen molar-refractivity contribution in [3.8, 4) is 0 Å². The van der Waals surface area contributed by atoms with E-state index in [1.807, 2.05) is 96.1 Å².